The van der Waals surface area contributed by atoms with E-state index < -0.39 is 0 Å². The van der Waals surface area contributed by atoms with Gasteiger partial charge in [-0.05, 0) is 36.4 Å². The molecule has 0 spiro atoms. The zero-order valence-electron chi connectivity index (χ0n) is 11.7. The first-order valence-electron chi connectivity index (χ1n) is 6.87. The van der Waals surface area contributed by atoms with Gasteiger partial charge in [-0.2, -0.15) is 0 Å². The summed E-state index contributed by atoms with van der Waals surface area (Å²) in [4.78, 5) is 15.9. The molecule has 0 radical (unpaired) electrons. The average Bonchev–Trinajstić information content (AvgIpc) is 3.03. The third-order valence-electron chi connectivity index (χ3n) is 3.28. The van der Waals surface area contributed by atoms with Crippen LogP contribution in [0.1, 0.15) is 22.5 Å². The summed E-state index contributed by atoms with van der Waals surface area (Å²) in [6.45, 7) is 0. The summed E-state index contributed by atoms with van der Waals surface area (Å²) < 4.78 is 18.1. The second-order valence-corrected chi connectivity index (χ2v) is 4.85. The van der Waals surface area contributed by atoms with Crippen molar-refractivity contribution < 1.29 is 13.7 Å². The molecule has 0 amide bonds. The topological polar surface area (TPSA) is 56.0 Å². The second kappa shape index (κ2) is 6.30. The number of halogens is 1. The molecule has 0 saturated carbocycles. The number of carbonyl (C=O) groups is 1. The molecule has 0 aliphatic carbocycles. The Hall–Kier alpha value is -2.82. The van der Waals surface area contributed by atoms with E-state index in [0.717, 1.165) is 5.56 Å². The minimum absolute atomic E-state index is 0.00725. The van der Waals surface area contributed by atoms with Crippen LogP contribution in [0, 0.1) is 5.82 Å². The Labute approximate surface area is 126 Å². The van der Waals surface area contributed by atoms with Gasteiger partial charge in [0.2, 0.25) is 0 Å². The van der Waals surface area contributed by atoms with Gasteiger partial charge < -0.3 is 4.52 Å². The van der Waals surface area contributed by atoms with E-state index in [-0.39, 0.29) is 11.6 Å². The summed E-state index contributed by atoms with van der Waals surface area (Å²) in [7, 11) is 0. The molecule has 4 nitrogen and oxygen atoms in total. The van der Waals surface area contributed by atoms with Crippen molar-refractivity contribution in [3.63, 3.8) is 0 Å². The summed E-state index contributed by atoms with van der Waals surface area (Å²) in [6.07, 6.45) is 3.96. The number of rotatable bonds is 5. The number of pyridine rings is 1. The van der Waals surface area contributed by atoms with Gasteiger partial charge in [-0.25, -0.2) is 4.39 Å². The van der Waals surface area contributed by atoms with E-state index in [1.54, 1.807) is 42.7 Å². The highest BCUT2D eigenvalue weighted by Crippen LogP contribution is 2.20. The van der Waals surface area contributed by atoms with Crippen LogP contribution in [-0.4, -0.2) is 15.9 Å². The highest BCUT2D eigenvalue weighted by atomic mass is 19.1. The van der Waals surface area contributed by atoms with E-state index in [9.17, 15) is 9.18 Å². The lowest BCUT2D eigenvalue weighted by Crippen LogP contribution is -2.00. The number of aromatic nitrogens is 2. The molecule has 2 aromatic heterocycles. The van der Waals surface area contributed by atoms with Gasteiger partial charge in [-0.3, -0.25) is 9.78 Å². The smallest absolute Gasteiger partial charge is 0.164 e. The van der Waals surface area contributed by atoms with E-state index in [2.05, 4.69) is 10.1 Å². The Balaban J connectivity index is 1.65. The number of carbonyl (C=O) groups excluding carboxylic acids is 1. The third kappa shape index (κ3) is 3.25. The molecule has 0 unspecified atom stereocenters. The van der Waals surface area contributed by atoms with Crippen LogP contribution < -0.4 is 0 Å². The molecule has 0 bridgehead atoms. The van der Waals surface area contributed by atoms with Crippen LogP contribution in [0.15, 0.2) is 59.4 Å². The van der Waals surface area contributed by atoms with Gasteiger partial charge in [-0.1, -0.05) is 5.16 Å². The van der Waals surface area contributed by atoms with Crippen molar-refractivity contribution in [2.24, 2.45) is 0 Å². The van der Waals surface area contributed by atoms with Gasteiger partial charge in [0.1, 0.15) is 17.3 Å². The van der Waals surface area contributed by atoms with Crippen LogP contribution >= 0.6 is 0 Å². The maximum absolute atomic E-state index is 12.9. The molecule has 0 aliphatic heterocycles. The molecule has 0 fully saturated rings. The van der Waals surface area contributed by atoms with Gasteiger partial charge in [0.25, 0.3) is 0 Å². The van der Waals surface area contributed by atoms with Crippen LogP contribution in [0.2, 0.25) is 0 Å². The van der Waals surface area contributed by atoms with E-state index in [1.165, 1.54) is 12.1 Å². The first-order valence-corrected chi connectivity index (χ1v) is 6.87. The Bertz CT molecular complexity index is 767. The number of ketones is 1. The molecular formula is C17H13FN2O2. The summed E-state index contributed by atoms with van der Waals surface area (Å²) in [5.74, 6) is 0.332. The van der Waals surface area contributed by atoms with E-state index in [0.29, 0.717) is 29.9 Å². The van der Waals surface area contributed by atoms with Crippen molar-refractivity contribution in [2.75, 3.05) is 0 Å². The lowest BCUT2D eigenvalue weighted by molar-refractivity contribution is 0.0980. The normalized spacial score (nSPS) is 10.6. The number of hydrogen-bond acceptors (Lipinski definition) is 4. The molecule has 0 atom stereocenters. The van der Waals surface area contributed by atoms with Crippen LogP contribution in [0.3, 0.4) is 0 Å². The highest BCUT2D eigenvalue weighted by molar-refractivity contribution is 5.95. The van der Waals surface area contributed by atoms with Gasteiger partial charge in [-0.15, -0.1) is 0 Å². The molecule has 2 heterocycles. The Kier molecular flexibility index (Phi) is 4.05. The summed E-state index contributed by atoms with van der Waals surface area (Å²) >= 11 is 0. The number of Topliss-reactive ketones (excluding diaryl/α,β-unsaturated/α-hetero) is 1. The van der Waals surface area contributed by atoms with Crippen molar-refractivity contribution in [2.45, 2.75) is 12.8 Å². The minimum atomic E-state index is -0.297. The van der Waals surface area contributed by atoms with Gasteiger partial charge in [0.15, 0.2) is 5.78 Å². The minimum Gasteiger partial charge on any atom is -0.361 e. The second-order valence-electron chi connectivity index (χ2n) is 4.85. The molecular weight excluding hydrogens is 283 g/mol. The van der Waals surface area contributed by atoms with Crippen LogP contribution in [0.4, 0.5) is 4.39 Å². The predicted octanol–water partition coefficient (Wildman–Crippen LogP) is 3.69. The zero-order chi connectivity index (χ0) is 15.4. The lowest BCUT2D eigenvalue weighted by atomic mass is 10.1. The molecule has 0 aliphatic rings. The molecule has 1 aromatic carbocycles. The van der Waals surface area contributed by atoms with Crippen molar-refractivity contribution in [3.8, 4) is 11.3 Å². The molecule has 0 saturated heterocycles. The van der Waals surface area contributed by atoms with E-state index in [1.807, 2.05) is 0 Å². The molecule has 3 rings (SSSR count). The quantitative estimate of drug-likeness (QED) is 0.674. The molecule has 0 N–H and O–H groups in total. The average molecular weight is 296 g/mol. The van der Waals surface area contributed by atoms with E-state index in [4.69, 9.17) is 4.52 Å². The van der Waals surface area contributed by atoms with Gasteiger partial charge in [0, 0.05) is 42.4 Å². The summed E-state index contributed by atoms with van der Waals surface area (Å²) in [5, 5.41) is 3.95. The van der Waals surface area contributed by atoms with Gasteiger partial charge >= 0.3 is 0 Å². The first kappa shape index (κ1) is 14.1. The monoisotopic (exact) mass is 296 g/mol. The Morgan fingerprint density at radius 1 is 1.18 bits per heavy atom. The number of nitrogens with zero attached hydrogens (tertiary/aromatic N) is 2. The Morgan fingerprint density at radius 3 is 2.73 bits per heavy atom. The number of hydrogen-bond donors (Lipinski definition) is 0. The van der Waals surface area contributed by atoms with Crippen LogP contribution in [-0.2, 0) is 6.42 Å². The third-order valence-corrected chi connectivity index (χ3v) is 3.28. The summed E-state index contributed by atoms with van der Waals surface area (Å²) in [5.41, 5.74) is 1.99. The fourth-order valence-corrected chi connectivity index (χ4v) is 2.10. The van der Waals surface area contributed by atoms with Crippen molar-refractivity contribution >= 4 is 5.78 Å². The maximum atomic E-state index is 12.9. The fourth-order valence-electron chi connectivity index (χ4n) is 2.10. The highest BCUT2D eigenvalue weighted by Gasteiger charge is 2.10. The Morgan fingerprint density at radius 2 is 2.00 bits per heavy atom. The van der Waals surface area contributed by atoms with Crippen molar-refractivity contribution in [1.29, 1.82) is 0 Å². The SMILES string of the molecule is O=C(CCc1cc(-c2ccc(F)cc2)no1)c1cccnc1. The number of aryl methyl sites for hydroxylation is 1. The first-order chi connectivity index (χ1) is 10.7. The van der Waals surface area contributed by atoms with Crippen LogP contribution in [0.5, 0.6) is 0 Å². The number of benzene rings is 1. The molecule has 5 heteroatoms. The molecule has 110 valence electrons. The maximum Gasteiger partial charge on any atom is 0.164 e. The zero-order valence-corrected chi connectivity index (χ0v) is 11.7. The standard InChI is InChI=1S/C17H13FN2O2/c18-14-5-3-12(4-6-14)16-10-15(22-20-16)7-8-17(21)13-2-1-9-19-11-13/h1-6,9-11H,7-8H2. The molecule has 3 aromatic rings. The lowest BCUT2D eigenvalue weighted by Gasteiger charge is -1.97. The molecule has 22 heavy (non-hydrogen) atoms. The predicted molar refractivity (Wildman–Crippen MR) is 78.8 cm³/mol. The van der Waals surface area contributed by atoms with Crippen molar-refractivity contribution in [1.82, 2.24) is 10.1 Å². The largest absolute Gasteiger partial charge is 0.361 e. The van der Waals surface area contributed by atoms with Gasteiger partial charge in [0.05, 0.1) is 0 Å². The van der Waals surface area contributed by atoms with Crippen molar-refractivity contribution in [3.05, 3.63) is 72.0 Å². The summed E-state index contributed by atoms with van der Waals surface area (Å²) in [6, 6.07) is 11.2. The fraction of sp³-hybridized carbons (Fsp3) is 0.118. The van der Waals surface area contributed by atoms with E-state index >= 15 is 0 Å². The van der Waals surface area contributed by atoms with Crippen LogP contribution in [0.25, 0.3) is 11.3 Å².